The first-order valence-corrected chi connectivity index (χ1v) is 12.7. The summed E-state index contributed by atoms with van der Waals surface area (Å²) >= 11 is 0. The second kappa shape index (κ2) is 14.6. The Bertz CT molecular complexity index is 1010. The van der Waals surface area contributed by atoms with Crippen molar-refractivity contribution in [1.29, 1.82) is 0 Å². The van der Waals surface area contributed by atoms with E-state index in [1.807, 2.05) is 32.0 Å². The van der Waals surface area contributed by atoms with Gasteiger partial charge in [0.1, 0.15) is 10.6 Å². The summed E-state index contributed by atoms with van der Waals surface area (Å²) in [6.45, 7) is 3.56. The molecular weight excluding hydrogens is 540 g/mol. The smallest absolute Gasteiger partial charge is 0.300 e. The summed E-state index contributed by atoms with van der Waals surface area (Å²) in [5.74, 6) is 0. The third kappa shape index (κ3) is 9.56. The van der Waals surface area contributed by atoms with Crippen molar-refractivity contribution in [3.8, 4) is 0 Å². The average molecular weight is 570 g/mol. The maximum absolute atomic E-state index is 11.4. The van der Waals surface area contributed by atoms with Crippen molar-refractivity contribution in [2.45, 2.75) is 27.1 Å². The van der Waals surface area contributed by atoms with Crippen molar-refractivity contribution in [2.24, 2.45) is 0 Å². The number of aliphatic hydroxyl groups is 2. The summed E-state index contributed by atoms with van der Waals surface area (Å²) in [6, 6.07) is 20.0. The standard InChI is InChI=1S/C15H17O5PS.C7H9N.CH3.Pd/c16-9-12-5-1-3-7-14(12)21(11-22(18,19)20)15-8-4-2-6-13(15)10-17;1-6-4-3-5-7(2)8-6;;/h1-8,16-17H,9-11H2,(H,18,19,20);3-5H,1-2H3;1H3;/q;;-1;/p+1. The van der Waals surface area contributed by atoms with Crippen molar-refractivity contribution < 1.29 is 43.6 Å². The molecule has 0 aliphatic rings. The average Bonchev–Trinajstić information content (AvgIpc) is 2.71. The maximum atomic E-state index is 11.4. The molecule has 32 heavy (non-hydrogen) atoms. The zero-order valence-corrected chi connectivity index (χ0v) is 21.7. The van der Waals surface area contributed by atoms with Gasteiger partial charge in [0, 0.05) is 42.9 Å². The Hall–Kier alpha value is -1.49. The molecule has 3 N–H and O–H groups in total. The predicted octanol–water partition coefficient (Wildman–Crippen LogP) is 2.83. The van der Waals surface area contributed by atoms with E-state index in [-0.39, 0.29) is 41.1 Å². The van der Waals surface area contributed by atoms with Crippen LogP contribution in [0.15, 0.2) is 66.7 Å². The molecule has 0 aliphatic carbocycles. The number of hydrogen-bond acceptors (Lipinski definition) is 5. The van der Waals surface area contributed by atoms with E-state index in [0.29, 0.717) is 21.7 Å². The third-order valence-electron chi connectivity index (χ3n) is 4.38. The van der Waals surface area contributed by atoms with Gasteiger partial charge in [-0.15, -0.1) is 0 Å². The zero-order valence-electron chi connectivity index (χ0n) is 18.3. The first-order chi connectivity index (χ1) is 14.2. The number of hydrogen-bond donors (Lipinski definition) is 3. The molecule has 0 unspecified atom stereocenters. The second-order valence-corrected chi connectivity index (χ2v) is 11.1. The van der Waals surface area contributed by atoms with E-state index >= 15 is 0 Å². The van der Waals surface area contributed by atoms with E-state index < -0.39 is 23.5 Å². The molecule has 0 saturated heterocycles. The number of rotatable bonds is 6. The fourth-order valence-electron chi connectivity index (χ4n) is 3.07. The molecule has 1 aromatic heterocycles. The number of aliphatic hydroxyl groups excluding tert-OH is 2. The Balaban J connectivity index is 0.000000816. The molecule has 0 radical (unpaired) electrons. The van der Waals surface area contributed by atoms with E-state index in [1.165, 1.54) is 0 Å². The molecular formula is C23H30NO5PPdS. The first-order valence-electron chi connectivity index (χ1n) is 9.34. The number of aromatic nitrogens is 1. The van der Waals surface area contributed by atoms with E-state index in [9.17, 15) is 23.2 Å². The van der Waals surface area contributed by atoms with Crippen LogP contribution in [0.3, 0.4) is 0 Å². The van der Waals surface area contributed by atoms with Crippen LogP contribution in [0.5, 0.6) is 0 Å². The van der Waals surface area contributed by atoms with Gasteiger partial charge in [-0.05, 0) is 38.1 Å². The van der Waals surface area contributed by atoms with Crippen LogP contribution in [0.1, 0.15) is 22.5 Å². The summed E-state index contributed by atoms with van der Waals surface area (Å²) < 4.78 is 32.2. The minimum absolute atomic E-state index is 0. The van der Waals surface area contributed by atoms with Gasteiger partial charge in [-0.3, -0.25) is 9.54 Å². The van der Waals surface area contributed by atoms with Crippen LogP contribution in [-0.4, -0.2) is 33.7 Å². The van der Waals surface area contributed by atoms with E-state index in [2.05, 4.69) is 4.98 Å². The summed E-state index contributed by atoms with van der Waals surface area (Å²) in [5, 5.41) is 20.4. The summed E-state index contributed by atoms with van der Waals surface area (Å²) in [6.07, 6.45) is 0. The van der Waals surface area contributed by atoms with Crippen LogP contribution >= 0.6 is 7.92 Å². The third-order valence-corrected chi connectivity index (χ3v) is 9.27. The van der Waals surface area contributed by atoms with Crippen LogP contribution in [0.25, 0.3) is 0 Å². The summed E-state index contributed by atoms with van der Waals surface area (Å²) in [7, 11) is -6.09. The number of pyridine rings is 1. The molecule has 0 fully saturated rings. The largest absolute Gasteiger partial charge is 0.392 e. The Labute approximate surface area is 205 Å². The Kier molecular flexibility index (Phi) is 13.9. The van der Waals surface area contributed by atoms with E-state index in [0.717, 1.165) is 11.4 Å². The minimum Gasteiger partial charge on any atom is -0.392 e. The van der Waals surface area contributed by atoms with Gasteiger partial charge in [-0.2, -0.15) is 8.42 Å². The van der Waals surface area contributed by atoms with Gasteiger partial charge in [0.25, 0.3) is 0 Å². The van der Waals surface area contributed by atoms with Crippen LogP contribution in [-0.2, 0) is 43.8 Å². The Morgan fingerprint density at radius 3 is 1.50 bits per heavy atom. The quantitative estimate of drug-likeness (QED) is 0.182. The van der Waals surface area contributed by atoms with Crippen molar-refractivity contribution >= 4 is 28.6 Å². The van der Waals surface area contributed by atoms with E-state index in [4.69, 9.17) is 0 Å². The van der Waals surface area contributed by atoms with Gasteiger partial charge in [-0.25, -0.2) is 0 Å². The van der Waals surface area contributed by atoms with E-state index in [1.54, 1.807) is 48.5 Å². The molecule has 0 aliphatic heterocycles. The predicted molar refractivity (Wildman–Crippen MR) is 129 cm³/mol. The van der Waals surface area contributed by atoms with Crippen molar-refractivity contribution in [3.05, 3.63) is 96.7 Å². The summed E-state index contributed by atoms with van der Waals surface area (Å²) in [4.78, 5) is 4.17. The van der Waals surface area contributed by atoms with Crippen molar-refractivity contribution in [2.75, 3.05) is 5.49 Å². The normalized spacial score (nSPS) is 10.4. The fraction of sp³-hybridized carbons (Fsp3) is 0.217. The molecule has 0 saturated carbocycles. The first kappa shape index (κ1) is 30.5. The number of aryl methyl sites for hydroxylation is 2. The Morgan fingerprint density at radius 1 is 0.781 bits per heavy atom. The number of nitrogens with zero attached hydrogens (tertiary/aromatic N) is 1. The molecule has 0 bridgehead atoms. The molecule has 6 nitrogen and oxygen atoms in total. The van der Waals surface area contributed by atoms with Crippen LogP contribution < -0.4 is 10.6 Å². The fourth-order valence-corrected chi connectivity index (χ4v) is 7.76. The molecule has 9 heteroatoms. The van der Waals surface area contributed by atoms with Crippen LogP contribution in [0.4, 0.5) is 0 Å². The van der Waals surface area contributed by atoms with Crippen LogP contribution in [0.2, 0.25) is 0 Å². The van der Waals surface area contributed by atoms with Gasteiger partial charge in [0.05, 0.1) is 21.1 Å². The topological polar surface area (TPSA) is 108 Å². The molecule has 0 amide bonds. The zero-order chi connectivity index (χ0) is 22.1. The van der Waals surface area contributed by atoms with Gasteiger partial charge in [0.2, 0.25) is 0 Å². The molecule has 2 aromatic carbocycles. The maximum Gasteiger partial charge on any atom is 0.300 e. The van der Waals surface area contributed by atoms with Crippen molar-refractivity contribution in [3.63, 3.8) is 0 Å². The van der Waals surface area contributed by atoms with Crippen LogP contribution in [0, 0.1) is 21.3 Å². The molecule has 3 aromatic rings. The second-order valence-electron chi connectivity index (χ2n) is 6.76. The van der Waals surface area contributed by atoms with Gasteiger partial charge in [-0.1, -0.05) is 42.5 Å². The molecule has 3 rings (SSSR count). The Morgan fingerprint density at radius 2 is 1.19 bits per heavy atom. The monoisotopic (exact) mass is 569 g/mol. The van der Waals surface area contributed by atoms with Gasteiger partial charge < -0.3 is 17.6 Å². The minimum atomic E-state index is -4.19. The SMILES string of the molecule is Cc1cccc(C)n1.O=S(=O)(O)C[PH+](c1ccccc1CO)c1ccccc1CO.[CH3-].[Pd]. The summed E-state index contributed by atoms with van der Waals surface area (Å²) in [5.41, 5.74) is 3.03. The molecule has 1 heterocycles. The number of benzene rings is 2. The molecule has 178 valence electrons. The van der Waals surface area contributed by atoms with Gasteiger partial charge in [0.15, 0.2) is 5.49 Å². The van der Waals surface area contributed by atoms with Gasteiger partial charge >= 0.3 is 10.1 Å². The van der Waals surface area contributed by atoms with Crippen molar-refractivity contribution in [1.82, 2.24) is 4.98 Å². The molecule has 0 atom stereocenters. The molecule has 0 spiro atoms.